The highest BCUT2D eigenvalue weighted by atomic mass is 79.9. The lowest BCUT2D eigenvalue weighted by Crippen LogP contribution is -2.27. The van der Waals surface area contributed by atoms with E-state index in [1.807, 2.05) is 0 Å². The molecule has 0 bridgehead atoms. The van der Waals surface area contributed by atoms with Crippen molar-refractivity contribution < 1.29 is 27.2 Å². The summed E-state index contributed by atoms with van der Waals surface area (Å²) in [4.78, 5) is 13.2. The van der Waals surface area contributed by atoms with E-state index in [1.165, 1.54) is 0 Å². The van der Waals surface area contributed by atoms with Gasteiger partial charge in [0.25, 0.3) is 0 Å². The SMILES string of the molecule is O=[N+]([O-])c1ncc(COP(=O)(NCCBr)NCCBr)n1CC(F)(F)F. The molecule has 1 aromatic heterocycles. The molecule has 2 N–H and O–H groups in total. The van der Waals surface area contributed by atoms with Gasteiger partial charge in [-0.1, -0.05) is 36.8 Å². The Morgan fingerprint density at radius 1 is 1.32 bits per heavy atom. The van der Waals surface area contributed by atoms with E-state index < -0.39 is 37.9 Å². The van der Waals surface area contributed by atoms with Crippen molar-refractivity contribution in [1.29, 1.82) is 0 Å². The van der Waals surface area contributed by atoms with Gasteiger partial charge >= 0.3 is 19.8 Å². The Morgan fingerprint density at radius 2 is 1.88 bits per heavy atom. The fourth-order valence-corrected chi connectivity index (χ4v) is 4.13. The van der Waals surface area contributed by atoms with Gasteiger partial charge in [0, 0.05) is 23.7 Å². The number of nitrogens with one attached hydrogen (secondary N) is 2. The Hall–Kier alpha value is -0.530. The van der Waals surface area contributed by atoms with Crippen LogP contribution in [0.15, 0.2) is 6.20 Å². The molecule has 0 aliphatic carbocycles. The molecule has 0 saturated carbocycles. The molecule has 144 valence electrons. The third-order valence-corrected chi connectivity index (χ3v) is 5.21. The number of hydrogen-bond donors (Lipinski definition) is 2. The molecule has 0 aliphatic rings. The standard InChI is InChI=1S/C10H15Br2F3N5O4P/c11-1-3-17-25(23,18-4-2-12)24-6-8-5-16-9(20(21)22)19(8)7-10(13,14)15/h5H,1-4,6-7H2,(H2,17,18,23). The van der Waals surface area contributed by atoms with Gasteiger partial charge in [0.1, 0.15) is 18.5 Å². The number of hydrogen-bond acceptors (Lipinski definition) is 5. The molecule has 9 nitrogen and oxygen atoms in total. The van der Waals surface area contributed by atoms with Crippen LogP contribution in [0.25, 0.3) is 0 Å². The lowest BCUT2D eigenvalue weighted by molar-refractivity contribution is -0.397. The normalized spacial score (nSPS) is 12.5. The quantitative estimate of drug-likeness (QED) is 0.201. The fraction of sp³-hybridized carbons (Fsp3) is 0.700. The van der Waals surface area contributed by atoms with Crippen LogP contribution in [-0.2, 0) is 22.2 Å². The maximum atomic E-state index is 12.6. The molecule has 0 saturated heterocycles. The predicted molar refractivity (Wildman–Crippen MR) is 90.9 cm³/mol. The monoisotopic (exact) mass is 515 g/mol. The molecule has 0 radical (unpaired) electrons. The highest BCUT2D eigenvalue weighted by Crippen LogP contribution is 2.38. The Bertz CT molecular complexity index is 618. The van der Waals surface area contributed by atoms with Crippen LogP contribution in [0, 0.1) is 10.1 Å². The third-order valence-electron chi connectivity index (χ3n) is 2.64. The first-order chi connectivity index (χ1) is 11.6. The third kappa shape index (κ3) is 7.71. The first-order valence-electron chi connectivity index (χ1n) is 6.74. The molecule has 1 heterocycles. The molecular formula is C10H15Br2F3N5O4P. The Kier molecular flexibility index (Phi) is 8.98. The molecule has 0 aromatic carbocycles. The zero-order chi connectivity index (χ0) is 19.1. The van der Waals surface area contributed by atoms with Crippen LogP contribution < -0.4 is 10.2 Å². The van der Waals surface area contributed by atoms with E-state index in [0.717, 1.165) is 6.20 Å². The van der Waals surface area contributed by atoms with Crippen molar-refractivity contribution in [3.05, 3.63) is 22.0 Å². The average Bonchev–Trinajstić information content (AvgIpc) is 2.90. The molecular weight excluding hydrogens is 502 g/mol. The van der Waals surface area contributed by atoms with Gasteiger partial charge in [-0.15, -0.1) is 0 Å². The van der Waals surface area contributed by atoms with Gasteiger partial charge in [-0.3, -0.25) is 9.09 Å². The molecule has 0 unspecified atom stereocenters. The van der Waals surface area contributed by atoms with E-state index in [4.69, 9.17) is 4.52 Å². The van der Waals surface area contributed by atoms with Crippen LogP contribution in [0.4, 0.5) is 19.1 Å². The highest BCUT2D eigenvalue weighted by Gasteiger charge is 2.36. The smallest absolute Gasteiger partial charge is 0.390 e. The van der Waals surface area contributed by atoms with Crippen LogP contribution in [0.1, 0.15) is 5.69 Å². The number of aromatic nitrogens is 2. The molecule has 25 heavy (non-hydrogen) atoms. The Morgan fingerprint density at radius 3 is 2.32 bits per heavy atom. The molecule has 0 atom stereocenters. The first-order valence-corrected chi connectivity index (χ1v) is 10.6. The second-order valence-corrected chi connectivity index (χ2v) is 8.11. The minimum atomic E-state index is -4.69. The number of nitrogens with zero attached hydrogens (tertiary/aromatic N) is 3. The van der Waals surface area contributed by atoms with E-state index in [2.05, 4.69) is 47.0 Å². The van der Waals surface area contributed by atoms with Crippen molar-refractivity contribution in [1.82, 2.24) is 19.7 Å². The zero-order valence-corrected chi connectivity index (χ0v) is 16.7. The fourth-order valence-electron chi connectivity index (χ4n) is 1.70. The molecule has 1 aromatic rings. The number of alkyl halides is 5. The molecule has 1 rings (SSSR count). The second kappa shape index (κ2) is 9.97. The topological polar surface area (TPSA) is 111 Å². The maximum absolute atomic E-state index is 12.6. The molecule has 0 amide bonds. The first kappa shape index (κ1) is 22.5. The minimum Gasteiger partial charge on any atom is -0.390 e. The van der Waals surface area contributed by atoms with Crippen LogP contribution in [-0.4, -0.2) is 44.4 Å². The van der Waals surface area contributed by atoms with Gasteiger partial charge < -0.3 is 10.1 Å². The number of rotatable bonds is 11. The van der Waals surface area contributed by atoms with Crippen molar-refractivity contribution in [2.24, 2.45) is 0 Å². The lowest BCUT2D eigenvalue weighted by atomic mass is 10.4. The summed E-state index contributed by atoms with van der Waals surface area (Å²) in [5, 5.41) is 17.0. The zero-order valence-electron chi connectivity index (χ0n) is 12.6. The van der Waals surface area contributed by atoms with Crippen molar-refractivity contribution in [2.75, 3.05) is 23.7 Å². The van der Waals surface area contributed by atoms with Gasteiger partial charge in [0.2, 0.25) is 0 Å². The summed E-state index contributed by atoms with van der Waals surface area (Å²) >= 11 is 6.28. The Labute approximate surface area is 157 Å². The Balaban J connectivity index is 2.96. The second-order valence-electron chi connectivity index (χ2n) is 4.53. The van der Waals surface area contributed by atoms with E-state index in [0.29, 0.717) is 15.2 Å². The van der Waals surface area contributed by atoms with Crippen LogP contribution in [0.5, 0.6) is 0 Å². The van der Waals surface area contributed by atoms with Gasteiger partial charge in [-0.2, -0.15) is 13.2 Å². The number of nitro groups is 1. The van der Waals surface area contributed by atoms with Gasteiger partial charge in [-0.25, -0.2) is 14.7 Å². The van der Waals surface area contributed by atoms with Crippen molar-refractivity contribution >= 4 is 45.5 Å². The lowest BCUT2D eigenvalue weighted by Gasteiger charge is -2.19. The van der Waals surface area contributed by atoms with Gasteiger partial charge in [0.15, 0.2) is 6.54 Å². The van der Waals surface area contributed by atoms with E-state index in [-0.39, 0.29) is 18.8 Å². The average molecular weight is 517 g/mol. The van der Waals surface area contributed by atoms with Gasteiger partial charge in [0.05, 0.1) is 0 Å². The summed E-state index contributed by atoms with van der Waals surface area (Å²) < 4.78 is 56.1. The van der Waals surface area contributed by atoms with Crippen LogP contribution in [0.3, 0.4) is 0 Å². The van der Waals surface area contributed by atoms with Crippen molar-refractivity contribution in [3.8, 4) is 0 Å². The summed E-state index contributed by atoms with van der Waals surface area (Å²) in [7, 11) is -3.56. The predicted octanol–water partition coefficient (Wildman–Crippen LogP) is 2.95. The molecule has 0 spiro atoms. The number of halogens is 5. The summed E-state index contributed by atoms with van der Waals surface area (Å²) in [6, 6.07) is 0. The van der Waals surface area contributed by atoms with Crippen molar-refractivity contribution in [3.63, 3.8) is 0 Å². The van der Waals surface area contributed by atoms with E-state index in [1.54, 1.807) is 0 Å². The largest absolute Gasteiger partial charge is 0.435 e. The van der Waals surface area contributed by atoms with E-state index >= 15 is 0 Å². The molecule has 15 heteroatoms. The van der Waals surface area contributed by atoms with Crippen LogP contribution >= 0.6 is 39.5 Å². The van der Waals surface area contributed by atoms with E-state index in [9.17, 15) is 27.9 Å². The highest BCUT2D eigenvalue weighted by molar-refractivity contribution is 9.09. The summed E-state index contributed by atoms with van der Waals surface area (Å²) in [6.07, 6.45) is -3.80. The summed E-state index contributed by atoms with van der Waals surface area (Å²) in [5.41, 5.74) is -0.217. The summed E-state index contributed by atoms with van der Waals surface area (Å²) in [5.74, 6) is -0.965. The maximum Gasteiger partial charge on any atom is 0.435 e. The molecule has 0 fully saturated rings. The van der Waals surface area contributed by atoms with Crippen LogP contribution in [0.2, 0.25) is 0 Å². The molecule has 0 aliphatic heterocycles. The van der Waals surface area contributed by atoms with Gasteiger partial charge in [-0.05, 0) is 4.92 Å². The summed E-state index contributed by atoms with van der Waals surface area (Å²) in [6.45, 7) is -1.61. The van der Waals surface area contributed by atoms with Crippen molar-refractivity contribution in [2.45, 2.75) is 19.3 Å². The minimum absolute atomic E-state index is 0.217. The number of imidazole rings is 1.